The zero-order chi connectivity index (χ0) is 28.1. The van der Waals surface area contributed by atoms with Gasteiger partial charge in [0.05, 0.1) is 18.0 Å². The molecule has 4 saturated carbocycles. The first kappa shape index (κ1) is 30.2. The first-order valence-corrected chi connectivity index (χ1v) is 17.1. The number of fused-ring (bicyclic) bond motifs is 5. The fourth-order valence-electron chi connectivity index (χ4n) is 9.37. The molecule has 4 aliphatic rings. The Morgan fingerprint density at radius 2 is 1.74 bits per heavy atom. The van der Waals surface area contributed by atoms with Crippen molar-refractivity contribution in [3.8, 4) is 0 Å². The largest absolute Gasteiger partial charge is 0.397 e. The van der Waals surface area contributed by atoms with Crippen molar-refractivity contribution in [1.82, 2.24) is 5.32 Å². The number of carbonyl (C=O) groups is 1. The summed E-state index contributed by atoms with van der Waals surface area (Å²) in [6.07, 6.45) is 6.85. The number of aliphatic hydroxyl groups excluding tert-OH is 1. The first-order valence-electron chi connectivity index (χ1n) is 14.1. The molecule has 0 radical (unpaired) electrons. The van der Waals surface area contributed by atoms with Crippen LogP contribution in [0.15, 0.2) is 0 Å². The first-order chi connectivity index (χ1) is 17.5. The topological polar surface area (TPSA) is 167 Å². The van der Waals surface area contributed by atoms with Crippen LogP contribution in [0.2, 0.25) is 0 Å². The summed E-state index contributed by atoms with van der Waals surface area (Å²) in [5, 5.41) is 14.2. The number of amides is 1. The fourth-order valence-corrected chi connectivity index (χ4v) is 10.2. The smallest absolute Gasteiger partial charge is 0.393 e. The second-order valence-corrected chi connectivity index (χ2v) is 15.7. The summed E-state index contributed by atoms with van der Waals surface area (Å²) in [5.41, 5.74) is -0.218. The maximum atomic E-state index is 12.2. The molecule has 0 spiro atoms. The molecule has 0 saturated heterocycles. The van der Waals surface area contributed by atoms with Gasteiger partial charge < -0.3 is 10.4 Å². The van der Waals surface area contributed by atoms with E-state index in [1.54, 1.807) is 0 Å². The predicted molar refractivity (Wildman–Crippen MR) is 141 cm³/mol. The van der Waals surface area contributed by atoms with Crippen molar-refractivity contribution in [3.63, 3.8) is 0 Å². The van der Waals surface area contributed by atoms with Crippen LogP contribution < -0.4 is 5.32 Å². The Hall–Kier alpha value is -0.790. The SMILES string of the molecule is C[C@H](CCC(=O)NCCS(=O)(=O)O)[C@H]1CC[C@H]2[C@@H]3CC[C@@H]4CC(OS(=O)(=O)O)CC[C@]4(C)[C@H]3C[C@H](O)[C@]12C. The zero-order valence-corrected chi connectivity index (χ0v) is 24.3. The average molecular weight is 580 g/mol. The van der Waals surface area contributed by atoms with Gasteiger partial charge >= 0.3 is 10.4 Å². The van der Waals surface area contributed by atoms with E-state index in [1.807, 2.05) is 0 Å². The summed E-state index contributed by atoms with van der Waals surface area (Å²) >= 11 is 0. The Morgan fingerprint density at radius 3 is 2.39 bits per heavy atom. The predicted octanol–water partition coefficient (Wildman–Crippen LogP) is 3.22. The van der Waals surface area contributed by atoms with Crippen LogP contribution in [0.1, 0.15) is 85.0 Å². The van der Waals surface area contributed by atoms with Gasteiger partial charge in [0.1, 0.15) is 0 Å². The van der Waals surface area contributed by atoms with E-state index in [0.717, 1.165) is 38.5 Å². The normalized spacial score (nSPS) is 42.0. The van der Waals surface area contributed by atoms with Gasteiger partial charge in [-0.15, -0.1) is 0 Å². The van der Waals surface area contributed by atoms with E-state index in [4.69, 9.17) is 13.3 Å². The Morgan fingerprint density at radius 1 is 1.03 bits per heavy atom. The molecule has 4 N–H and O–H groups in total. The molecule has 1 amide bonds. The van der Waals surface area contributed by atoms with Crippen LogP contribution in [0.4, 0.5) is 0 Å². The highest BCUT2D eigenvalue weighted by molar-refractivity contribution is 7.85. The van der Waals surface area contributed by atoms with Gasteiger partial charge in [-0.25, -0.2) is 4.18 Å². The van der Waals surface area contributed by atoms with E-state index in [2.05, 4.69) is 26.1 Å². The maximum absolute atomic E-state index is 12.2. The summed E-state index contributed by atoms with van der Waals surface area (Å²) in [6.45, 7) is 6.59. The average Bonchev–Trinajstić information content (AvgIpc) is 3.15. The fraction of sp³-hybridized carbons (Fsp3) is 0.962. The van der Waals surface area contributed by atoms with Gasteiger partial charge in [-0.2, -0.15) is 16.8 Å². The van der Waals surface area contributed by atoms with Gasteiger partial charge in [-0.3, -0.25) is 13.9 Å². The van der Waals surface area contributed by atoms with Crippen molar-refractivity contribution in [2.75, 3.05) is 12.3 Å². The second kappa shape index (κ2) is 10.9. The summed E-state index contributed by atoms with van der Waals surface area (Å²) < 4.78 is 67.2. The molecule has 0 aliphatic heterocycles. The highest BCUT2D eigenvalue weighted by atomic mass is 32.3. The van der Waals surface area contributed by atoms with E-state index in [1.165, 1.54) is 0 Å². The molecular weight excluding hydrogens is 534 g/mol. The number of carbonyl (C=O) groups excluding carboxylic acids is 1. The molecule has 1 unspecified atom stereocenters. The van der Waals surface area contributed by atoms with E-state index in [9.17, 15) is 26.7 Å². The standard InChI is InChI=1S/C26H45NO9S2/c1-16(4-9-24(29)27-12-13-37(30,31)32)20-7-8-21-19-6-5-17-14-18(36-38(33,34)35)10-11-25(17,2)22(19)15-23(28)26(20,21)3/h16-23,28H,4-15H2,1-3H3,(H,27,29)(H,30,31,32)(H,33,34,35)/t16-,17-,18?,19+,20-,21+,22+,23+,25+,26-/m1/s1. The molecule has 4 aliphatic carbocycles. The lowest BCUT2D eigenvalue weighted by atomic mass is 9.43. The summed E-state index contributed by atoms with van der Waals surface area (Å²) in [4.78, 5) is 12.2. The van der Waals surface area contributed by atoms with Crippen molar-refractivity contribution in [2.24, 2.45) is 46.3 Å². The summed E-state index contributed by atoms with van der Waals surface area (Å²) in [5.74, 6) is 1.35. The Labute approximate surface area is 227 Å². The Kier molecular flexibility index (Phi) is 8.65. The molecule has 10 atom stereocenters. The third kappa shape index (κ3) is 6.10. The van der Waals surface area contributed by atoms with Gasteiger partial charge in [-0.1, -0.05) is 20.8 Å². The molecule has 4 fully saturated rings. The van der Waals surface area contributed by atoms with Crippen LogP contribution in [0.25, 0.3) is 0 Å². The second-order valence-electron chi connectivity index (χ2n) is 13.0. The van der Waals surface area contributed by atoms with Crippen LogP contribution >= 0.6 is 0 Å². The number of aliphatic hydroxyl groups is 1. The van der Waals surface area contributed by atoms with Gasteiger partial charge in [0.2, 0.25) is 5.91 Å². The number of hydrogen-bond donors (Lipinski definition) is 4. The summed E-state index contributed by atoms with van der Waals surface area (Å²) in [6, 6.07) is 0. The van der Waals surface area contributed by atoms with E-state index in [-0.39, 0.29) is 35.6 Å². The molecule has 4 rings (SSSR count). The van der Waals surface area contributed by atoms with Crippen LogP contribution in [0, 0.1) is 46.3 Å². The molecule has 0 aromatic rings. The van der Waals surface area contributed by atoms with E-state index >= 15 is 0 Å². The van der Waals surface area contributed by atoms with Crippen LogP contribution in [0.5, 0.6) is 0 Å². The van der Waals surface area contributed by atoms with Crippen LogP contribution in [0.3, 0.4) is 0 Å². The van der Waals surface area contributed by atoms with Crippen molar-refractivity contribution in [2.45, 2.75) is 97.2 Å². The number of rotatable bonds is 9. The zero-order valence-electron chi connectivity index (χ0n) is 22.7. The molecule has 0 heterocycles. The highest BCUT2D eigenvalue weighted by Gasteiger charge is 2.63. The van der Waals surface area contributed by atoms with E-state index in [0.29, 0.717) is 48.9 Å². The van der Waals surface area contributed by atoms with Crippen molar-refractivity contribution in [3.05, 3.63) is 0 Å². The van der Waals surface area contributed by atoms with Gasteiger partial charge in [0.25, 0.3) is 10.1 Å². The van der Waals surface area contributed by atoms with Gasteiger partial charge in [0.15, 0.2) is 0 Å². The molecular formula is C26H45NO9S2. The molecule has 38 heavy (non-hydrogen) atoms. The third-order valence-corrected chi connectivity index (χ3v) is 12.5. The third-order valence-electron chi connectivity index (χ3n) is 11.2. The van der Waals surface area contributed by atoms with Crippen molar-refractivity contribution in [1.29, 1.82) is 0 Å². The van der Waals surface area contributed by atoms with Gasteiger partial charge in [-0.05, 0) is 104 Å². The summed E-state index contributed by atoms with van der Waals surface area (Å²) in [7, 11) is -8.57. The molecule has 10 nitrogen and oxygen atoms in total. The van der Waals surface area contributed by atoms with Crippen LogP contribution in [-0.2, 0) is 29.5 Å². The van der Waals surface area contributed by atoms with Gasteiger partial charge in [0, 0.05) is 13.0 Å². The lowest BCUT2D eigenvalue weighted by molar-refractivity contribution is -0.173. The Balaban J connectivity index is 1.39. The highest BCUT2D eigenvalue weighted by Crippen LogP contribution is 2.68. The lowest BCUT2D eigenvalue weighted by Crippen LogP contribution is -2.59. The number of nitrogens with one attached hydrogen (secondary N) is 1. The van der Waals surface area contributed by atoms with E-state index < -0.39 is 38.5 Å². The monoisotopic (exact) mass is 579 g/mol. The van der Waals surface area contributed by atoms with Crippen molar-refractivity contribution >= 4 is 26.4 Å². The molecule has 0 aromatic carbocycles. The molecule has 0 aromatic heterocycles. The minimum atomic E-state index is -4.47. The quantitative estimate of drug-likeness (QED) is 0.300. The molecule has 220 valence electrons. The van der Waals surface area contributed by atoms with Crippen molar-refractivity contribution < 1.29 is 40.0 Å². The van der Waals surface area contributed by atoms with Crippen LogP contribution in [-0.4, -0.2) is 61.5 Å². The Bertz CT molecular complexity index is 1100. The molecule has 0 bridgehead atoms. The lowest BCUT2D eigenvalue weighted by Gasteiger charge is -2.62. The minimum absolute atomic E-state index is 0.00808. The molecule has 12 heteroatoms. The number of hydrogen-bond acceptors (Lipinski definition) is 7. The maximum Gasteiger partial charge on any atom is 0.397 e. The minimum Gasteiger partial charge on any atom is -0.393 e.